The molecule has 1 unspecified atom stereocenters. The molecule has 0 bridgehead atoms. The molecule has 1 aromatic rings. The summed E-state index contributed by atoms with van der Waals surface area (Å²) in [7, 11) is 1.68. The van der Waals surface area contributed by atoms with E-state index >= 15 is 0 Å². The number of amides is 1. The van der Waals surface area contributed by atoms with E-state index in [2.05, 4.69) is 15.5 Å². The van der Waals surface area contributed by atoms with Crippen molar-refractivity contribution in [2.45, 2.75) is 19.0 Å². The zero-order valence-electron chi connectivity index (χ0n) is 12.1. The standard InChI is InChI=1S/C15H20ClN3O2/c1-17-15(20)13-8-18-3-4-19(13)9-11-7-12(16)6-10-2-5-21-14(10)11/h6-7,13,18H,2-5,8-9H2,1H3,(H,17,20). The first-order valence-corrected chi connectivity index (χ1v) is 7.67. The summed E-state index contributed by atoms with van der Waals surface area (Å²) in [6, 6.07) is 3.77. The number of fused-ring (bicyclic) bond motifs is 1. The molecule has 1 atom stereocenters. The monoisotopic (exact) mass is 309 g/mol. The number of halogens is 1. The topological polar surface area (TPSA) is 53.6 Å². The van der Waals surface area contributed by atoms with Gasteiger partial charge in [-0.3, -0.25) is 9.69 Å². The third-order valence-corrected chi connectivity index (χ3v) is 4.32. The number of carbonyl (C=O) groups excluding carboxylic acids is 1. The summed E-state index contributed by atoms with van der Waals surface area (Å²) in [5.41, 5.74) is 2.25. The molecular weight excluding hydrogens is 290 g/mol. The summed E-state index contributed by atoms with van der Waals surface area (Å²) in [6.07, 6.45) is 0.906. The zero-order chi connectivity index (χ0) is 14.8. The molecular formula is C15H20ClN3O2. The van der Waals surface area contributed by atoms with Crippen molar-refractivity contribution in [3.05, 3.63) is 28.3 Å². The zero-order valence-corrected chi connectivity index (χ0v) is 12.9. The lowest BCUT2D eigenvalue weighted by atomic mass is 10.1. The van der Waals surface area contributed by atoms with Gasteiger partial charge in [0.15, 0.2) is 0 Å². The fourth-order valence-corrected chi connectivity index (χ4v) is 3.31. The van der Waals surface area contributed by atoms with Crippen LogP contribution in [0, 0.1) is 0 Å². The van der Waals surface area contributed by atoms with Crippen LogP contribution in [0.25, 0.3) is 0 Å². The number of nitrogens with one attached hydrogen (secondary N) is 2. The van der Waals surface area contributed by atoms with Crippen LogP contribution in [-0.4, -0.2) is 50.1 Å². The first kappa shape index (κ1) is 14.6. The normalized spacial score (nSPS) is 21.7. The average Bonchev–Trinajstić information content (AvgIpc) is 2.95. The molecule has 1 amide bonds. The van der Waals surface area contributed by atoms with E-state index in [-0.39, 0.29) is 11.9 Å². The van der Waals surface area contributed by atoms with Gasteiger partial charge in [-0.25, -0.2) is 0 Å². The first-order valence-electron chi connectivity index (χ1n) is 7.29. The lowest BCUT2D eigenvalue weighted by Crippen LogP contribution is -2.56. The van der Waals surface area contributed by atoms with Crippen LogP contribution < -0.4 is 15.4 Å². The summed E-state index contributed by atoms with van der Waals surface area (Å²) in [5, 5.41) is 6.74. The van der Waals surface area contributed by atoms with Crippen molar-refractivity contribution in [2.24, 2.45) is 0 Å². The molecule has 21 heavy (non-hydrogen) atoms. The Kier molecular flexibility index (Phi) is 4.33. The number of benzene rings is 1. The number of hydrogen-bond donors (Lipinski definition) is 2. The smallest absolute Gasteiger partial charge is 0.238 e. The van der Waals surface area contributed by atoms with Crippen molar-refractivity contribution in [2.75, 3.05) is 33.3 Å². The van der Waals surface area contributed by atoms with Crippen molar-refractivity contribution in [3.63, 3.8) is 0 Å². The fraction of sp³-hybridized carbons (Fsp3) is 0.533. The van der Waals surface area contributed by atoms with Gasteiger partial charge in [0.25, 0.3) is 0 Å². The number of hydrogen-bond acceptors (Lipinski definition) is 4. The quantitative estimate of drug-likeness (QED) is 0.867. The molecule has 0 saturated carbocycles. The van der Waals surface area contributed by atoms with Crippen molar-refractivity contribution < 1.29 is 9.53 Å². The number of carbonyl (C=O) groups is 1. The number of likely N-dealkylation sites (N-methyl/N-ethyl adjacent to an activating group) is 1. The molecule has 5 nitrogen and oxygen atoms in total. The van der Waals surface area contributed by atoms with Gasteiger partial charge in [0, 0.05) is 50.2 Å². The largest absolute Gasteiger partial charge is 0.493 e. The highest BCUT2D eigenvalue weighted by molar-refractivity contribution is 6.30. The molecule has 0 aliphatic carbocycles. The Hall–Kier alpha value is -1.30. The van der Waals surface area contributed by atoms with Crippen LogP contribution in [-0.2, 0) is 17.8 Å². The van der Waals surface area contributed by atoms with Gasteiger partial charge >= 0.3 is 0 Å². The van der Waals surface area contributed by atoms with Crippen molar-refractivity contribution in [1.29, 1.82) is 0 Å². The maximum absolute atomic E-state index is 12.0. The van der Waals surface area contributed by atoms with Crippen LogP contribution in [0.15, 0.2) is 12.1 Å². The van der Waals surface area contributed by atoms with Crippen molar-refractivity contribution in [1.82, 2.24) is 15.5 Å². The Morgan fingerprint density at radius 2 is 2.43 bits per heavy atom. The molecule has 6 heteroatoms. The fourth-order valence-electron chi connectivity index (χ4n) is 3.04. The van der Waals surface area contributed by atoms with Gasteiger partial charge in [-0.1, -0.05) is 11.6 Å². The summed E-state index contributed by atoms with van der Waals surface area (Å²) in [5.74, 6) is 0.996. The van der Waals surface area contributed by atoms with Gasteiger partial charge in [0.2, 0.25) is 5.91 Å². The molecule has 3 rings (SSSR count). The van der Waals surface area contributed by atoms with Crippen LogP contribution in [0.4, 0.5) is 0 Å². The third kappa shape index (κ3) is 3.00. The van der Waals surface area contributed by atoms with Crippen LogP contribution in [0.5, 0.6) is 5.75 Å². The summed E-state index contributed by atoms with van der Waals surface area (Å²) >= 11 is 6.21. The van der Waals surface area contributed by atoms with E-state index in [1.807, 2.05) is 12.1 Å². The molecule has 1 saturated heterocycles. The van der Waals surface area contributed by atoms with Gasteiger partial charge in [0.1, 0.15) is 11.8 Å². The minimum Gasteiger partial charge on any atom is -0.493 e. The van der Waals surface area contributed by atoms with Crippen molar-refractivity contribution in [3.8, 4) is 5.75 Å². The van der Waals surface area contributed by atoms with E-state index in [4.69, 9.17) is 16.3 Å². The van der Waals surface area contributed by atoms with Gasteiger partial charge in [-0.05, 0) is 17.7 Å². The molecule has 2 heterocycles. The SMILES string of the molecule is CNC(=O)C1CNCCN1Cc1cc(Cl)cc2c1OCC2. The predicted molar refractivity (Wildman–Crippen MR) is 81.8 cm³/mol. The second-order valence-electron chi connectivity index (χ2n) is 5.46. The minimum absolute atomic E-state index is 0.0433. The molecule has 2 aliphatic rings. The molecule has 1 fully saturated rings. The van der Waals surface area contributed by atoms with Gasteiger partial charge in [-0.2, -0.15) is 0 Å². The molecule has 0 spiro atoms. The minimum atomic E-state index is -0.153. The van der Waals surface area contributed by atoms with Crippen LogP contribution >= 0.6 is 11.6 Å². The molecule has 1 aromatic carbocycles. The lowest BCUT2D eigenvalue weighted by Gasteiger charge is -2.35. The highest BCUT2D eigenvalue weighted by Gasteiger charge is 2.29. The molecule has 114 valence electrons. The molecule has 0 radical (unpaired) electrons. The highest BCUT2D eigenvalue weighted by atomic mass is 35.5. The summed E-state index contributed by atoms with van der Waals surface area (Å²) in [6.45, 7) is 3.78. The number of nitrogens with zero attached hydrogens (tertiary/aromatic N) is 1. The first-order chi connectivity index (χ1) is 10.2. The molecule has 2 N–H and O–H groups in total. The van der Waals surface area contributed by atoms with E-state index in [0.29, 0.717) is 19.7 Å². The van der Waals surface area contributed by atoms with E-state index in [1.54, 1.807) is 7.05 Å². The molecule has 2 aliphatic heterocycles. The van der Waals surface area contributed by atoms with E-state index in [1.165, 1.54) is 5.56 Å². The number of rotatable bonds is 3. The van der Waals surface area contributed by atoms with E-state index < -0.39 is 0 Å². The second-order valence-corrected chi connectivity index (χ2v) is 5.89. The van der Waals surface area contributed by atoms with Crippen LogP contribution in [0.1, 0.15) is 11.1 Å². The third-order valence-electron chi connectivity index (χ3n) is 4.10. The predicted octanol–water partition coefficient (Wildman–Crippen LogP) is 0.795. The van der Waals surface area contributed by atoms with E-state index in [0.717, 1.165) is 35.8 Å². The highest BCUT2D eigenvalue weighted by Crippen LogP contribution is 2.34. The number of piperazine rings is 1. The Morgan fingerprint density at radius 3 is 3.24 bits per heavy atom. The maximum Gasteiger partial charge on any atom is 0.238 e. The number of ether oxygens (including phenoxy) is 1. The van der Waals surface area contributed by atoms with Crippen LogP contribution in [0.2, 0.25) is 5.02 Å². The molecule has 0 aromatic heterocycles. The Morgan fingerprint density at radius 1 is 1.57 bits per heavy atom. The van der Waals surface area contributed by atoms with Crippen LogP contribution in [0.3, 0.4) is 0 Å². The Labute approximate surface area is 129 Å². The summed E-state index contributed by atoms with van der Waals surface area (Å²) < 4.78 is 5.75. The Bertz CT molecular complexity index is 550. The van der Waals surface area contributed by atoms with Gasteiger partial charge in [-0.15, -0.1) is 0 Å². The lowest BCUT2D eigenvalue weighted by molar-refractivity contribution is -0.126. The average molecular weight is 310 g/mol. The van der Waals surface area contributed by atoms with E-state index in [9.17, 15) is 4.79 Å². The Balaban J connectivity index is 1.83. The summed E-state index contributed by atoms with van der Waals surface area (Å²) in [4.78, 5) is 14.2. The second kappa shape index (κ2) is 6.22. The van der Waals surface area contributed by atoms with Gasteiger partial charge in [0.05, 0.1) is 6.61 Å². The maximum atomic E-state index is 12.0. The van der Waals surface area contributed by atoms with Gasteiger partial charge < -0.3 is 15.4 Å². The van der Waals surface area contributed by atoms with Crippen molar-refractivity contribution >= 4 is 17.5 Å².